The topological polar surface area (TPSA) is 12.9 Å². The summed E-state index contributed by atoms with van der Waals surface area (Å²) in [6, 6.07) is 6.68. The van der Waals surface area contributed by atoms with Crippen molar-refractivity contribution in [2.24, 2.45) is 0 Å². The summed E-state index contributed by atoms with van der Waals surface area (Å²) >= 11 is 1.78. The summed E-state index contributed by atoms with van der Waals surface area (Å²) in [5.74, 6) is 0. The van der Waals surface area contributed by atoms with Crippen LogP contribution < -0.4 is 0 Å². The average molecular weight is 217 g/mol. The lowest BCUT2D eigenvalue weighted by molar-refractivity contribution is 1.12. The number of benzene rings is 1. The predicted molar refractivity (Wildman–Crippen MR) is 65.6 cm³/mol. The molecule has 0 amide bonds. The van der Waals surface area contributed by atoms with E-state index in [1.54, 1.807) is 11.3 Å². The molecule has 0 unspecified atom stereocenters. The van der Waals surface area contributed by atoms with Crippen molar-refractivity contribution < 1.29 is 0 Å². The van der Waals surface area contributed by atoms with E-state index in [1.807, 2.05) is 6.20 Å². The van der Waals surface area contributed by atoms with Crippen molar-refractivity contribution in [3.63, 3.8) is 0 Å². The Balaban J connectivity index is 2.24. The molecule has 1 aromatic carbocycles. The Morgan fingerprint density at radius 3 is 2.27 bits per heavy atom. The van der Waals surface area contributed by atoms with Crippen molar-refractivity contribution in [2.75, 3.05) is 0 Å². The number of aromatic nitrogens is 1. The molecule has 15 heavy (non-hydrogen) atoms. The molecular formula is C13H15NS. The van der Waals surface area contributed by atoms with Gasteiger partial charge in [0.2, 0.25) is 0 Å². The van der Waals surface area contributed by atoms with Crippen LogP contribution in [0.1, 0.15) is 26.6 Å². The van der Waals surface area contributed by atoms with Crippen LogP contribution in [0.3, 0.4) is 0 Å². The first-order valence-corrected chi connectivity index (χ1v) is 5.93. The van der Waals surface area contributed by atoms with Crippen LogP contribution >= 0.6 is 11.3 Å². The van der Waals surface area contributed by atoms with Crippen LogP contribution in [-0.2, 0) is 6.42 Å². The van der Waals surface area contributed by atoms with E-state index in [4.69, 9.17) is 0 Å². The smallest absolute Gasteiger partial charge is 0.0971 e. The molecule has 0 spiro atoms. The lowest BCUT2D eigenvalue weighted by Gasteiger charge is -2.02. The highest BCUT2D eigenvalue weighted by Gasteiger charge is 2.01. The Morgan fingerprint density at radius 1 is 1.07 bits per heavy atom. The lowest BCUT2D eigenvalue weighted by atomic mass is 10.1. The molecule has 2 aromatic rings. The van der Waals surface area contributed by atoms with Crippen LogP contribution in [0.4, 0.5) is 0 Å². The van der Waals surface area contributed by atoms with Gasteiger partial charge in [-0.25, -0.2) is 4.98 Å². The summed E-state index contributed by atoms with van der Waals surface area (Å²) in [4.78, 5) is 5.68. The predicted octanol–water partition coefficient (Wildman–Crippen LogP) is 3.66. The number of thiazole rings is 1. The first kappa shape index (κ1) is 10.4. The van der Waals surface area contributed by atoms with Crippen LogP contribution in [0.5, 0.6) is 0 Å². The molecule has 78 valence electrons. The maximum Gasteiger partial charge on any atom is 0.0971 e. The Labute approximate surface area is 94.8 Å². The molecule has 0 fully saturated rings. The molecule has 0 saturated heterocycles. The minimum atomic E-state index is 0.959. The minimum Gasteiger partial charge on any atom is -0.249 e. The Hall–Kier alpha value is -1.15. The molecular weight excluding hydrogens is 202 g/mol. The quantitative estimate of drug-likeness (QED) is 0.748. The molecule has 0 bridgehead atoms. The number of nitrogens with zero attached hydrogens (tertiary/aromatic N) is 1. The number of hydrogen-bond acceptors (Lipinski definition) is 2. The molecule has 0 aliphatic rings. The second kappa shape index (κ2) is 4.15. The van der Waals surface area contributed by atoms with Crippen LogP contribution in [0.25, 0.3) is 0 Å². The molecule has 0 saturated carbocycles. The zero-order valence-corrected chi connectivity index (χ0v) is 10.2. The third-order valence-corrected chi connectivity index (χ3v) is 3.22. The first-order valence-electron chi connectivity index (χ1n) is 5.12. The van der Waals surface area contributed by atoms with Gasteiger partial charge in [-0.2, -0.15) is 0 Å². The third kappa shape index (κ3) is 2.66. The number of hydrogen-bond donors (Lipinski definition) is 0. The molecule has 1 aromatic heterocycles. The highest BCUT2D eigenvalue weighted by Crippen LogP contribution is 2.17. The van der Waals surface area contributed by atoms with Crippen molar-refractivity contribution in [1.82, 2.24) is 4.98 Å². The molecule has 2 rings (SSSR count). The Morgan fingerprint density at radius 2 is 1.73 bits per heavy atom. The van der Waals surface area contributed by atoms with E-state index in [0.29, 0.717) is 0 Å². The van der Waals surface area contributed by atoms with Gasteiger partial charge in [-0.1, -0.05) is 29.3 Å². The zero-order chi connectivity index (χ0) is 10.8. The summed E-state index contributed by atoms with van der Waals surface area (Å²) in [7, 11) is 0. The maximum absolute atomic E-state index is 4.39. The highest BCUT2D eigenvalue weighted by atomic mass is 32.1. The lowest BCUT2D eigenvalue weighted by Crippen LogP contribution is -1.89. The van der Waals surface area contributed by atoms with Crippen molar-refractivity contribution in [3.8, 4) is 0 Å². The van der Waals surface area contributed by atoms with Gasteiger partial charge >= 0.3 is 0 Å². The average Bonchev–Trinajstić information content (AvgIpc) is 2.49. The van der Waals surface area contributed by atoms with Crippen LogP contribution in [0.2, 0.25) is 0 Å². The molecule has 2 heteroatoms. The van der Waals surface area contributed by atoms with Crippen molar-refractivity contribution in [2.45, 2.75) is 27.2 Å². The van der Waals surface area contributed by atoms with Gasteiger partial charge in [-0.3, -0.25) is 0 Å². The summed E-state index contributed by atoms with van der Waals surface area (Å²) < 4.78 is 0. The fourth-order valence-corrected chi connectivity index (χ4v) is 2.65. The van der Waals surface area contributed by atoms with Gasteiger partial charge in [0.25, 0.3) is 0 Å². The van der Waals surface area contributed by atoms with E-state index in [-0.39, 0.29) is 0 Å². The molecule has 1 nitrogen and oxygen atoms in total. The van der Waals surface area contributed by atoms with E-state index in [2.05, 4.69) is 44.0 Å². The second-order valence-corrected chi connectivity index (χ2v) is 5.36. The van der Waals surface area contributed by atoms with Crippen molar-refractivity contribution >= 4 is 11.3 Å². The zero-order valence-electron chi connectivity index (χ0n) is 9.37. The fourth-order valence-electron chi connectivity index (χ4n) is 1.83. The van der Waals surface area contributed by atoms with Gasteiger partial charge in [0.05, 0.1) is 5.01 Å². The highest BCUT2D eigenvalue weighted by molar-refractivity contribution is 7.11. The summed E-state index contributed by atoms with van der Waals surface area (Å²) in [6.45, 7) is 6.38. The molecule has 0 atom stereocenters. The van der Waals surface area contributed by atoms with E-state index in [1.165, 1.54) is 26.6 Å². The number of aryl methyl sites for hydroxylation is 3. The third-order valence-electron chi connectivity index (χ3n) is 2.31. The van der Waals surface area contributed by atoms with Gasteiger partial charge in [0, 0.05) is 17.5 Å². The molecule has 0 N–H and O–H groups in total. The molecule has 0 aliphatic carbocycles. The standard InChI is InChI=1S/C13H15NS/c1-9-4-10(2)6-12(5-9)7-13-14-8-11(3)15-13/h4-6,8H,7H2,1-3H3. The Bertz CT molecular complexity index is 451. The van der Waals surface area contributed by atoms with E-state index in [0.717, 1.165) is 6.42 Å². The van der Waals surface area contributed by atoms with E-state index in [9.17, 15) is 0 Å². The fraction of sp³-hybridized carbons (Fsp3) is 0.308. The first-order chi connectivity index (χ1) is 7.13. The van der Waals surface area contributed by atoms with Crippen molar-refractivity contribution in [1.29, 1.82) is 0 Å². The second-order valence-electron chi connectivity index (χ2n) is 4.04. The largest absolute Gasteiger partial charge is 0.249 e. The van der Waals surface area contributed by atoms with Gasteiger partial charge in [0.1, 0.15) is 0 Å². The normalized spacial score (nSPS) is 10.6. The van der Waals surface area contributed by atoms with E-state index < -0.39 is 0 Å². The maximum atomic E-state index is 4.39. The molecule has 1 heterocycles. The van der Waals surface area contributed by atoms with E-state index >= 15 is 0 Å². The van der Waals surface area contributed by atoms with Crippen molar-refractivity contribution in [3.05, 3.63) is 51.0 Å². The van der Waals surface area contributed by atoms with Gasteiger partial charge in [-0.15, -0.1) is 11.3 Å². The van der Waals surface area contributed by atoms with Crippen LogP contribution in [0.15, 0.2) is 24.4 Å². The molecule has 0 radical (unpaired) electrons. The molecule has 0 aliphatic heterocycles. The van der Waals surface area contributed by atoms with Gasteiger partial charge in [0.15, 0.2) is 0 Å². The Kier molecular flexibility index (Phi) is 2.87. The van der Waals surface area contributed by atoms with Gasteiger partial charge < -0.3 is 0 Å². The van der Waals surface area contributed by atoms with Crippen LogP contribution in [0, 0.1) is 20.8 Å². The monoisotopic (exact) mass is 217 g/mol. The van der Waals surface area contributed by atoms with Gasteiger partial charge in [-0.05, 0) is 26.3 Å². The summed E-state index contributed by atoms with van der Waals surface area (Å²) in [5, 5.41) is 1.21. The summed E-state index contributed by atoms with van der Waals surface area (Å²) in [5.41, 5.74) is 4.03. The minimum absolute atomic E-state index is 0.959. The SMILES string of the molecule is Cc1cc(C)cc(Cc2ncc(C)s2)c1. The number of rotatable bonds is 2. The van der Waals surface area contributed by atoms with Crippen LogP contribution in [-0.4, -0.2) is 4.98 Å². The summed E-state index contributed by atoms with van der Waals surface area (Å²) in [6.07, 6.45) is 2.91.